The molecule has 0 saturated carbocycles. The lowest BCUT2D eigenvalue weighted by molar-refractivity contribution is 0.0607. The van der Waals surface area contributed by atoms with E-state index in [0.29, 0.717) is 33.6 Å². The number of fused-ring (bicyclic) bond motifs is 3. The van der Waals surface area contributed by atoms with Crippen molar-refractivity contribution in [2.24, 2.45) is 0 Å². The highest BCUT2D eigenvalue weighted by atomic mass is 32.2. The average molecular weight is 457 g/mol. The maximum Gasteiger partial charge on any atom is 0.229 e. The van der Waals surface area contributed by atoms with Crippen LogP contribution in [0.3, 0.4) is 0 Å². The Kier molecular flexibility index (Phi) is 5.27. The Balaban J connectivity index is 1.90. The summed E-state index contributed by atoms with van der Waals surface area (Å²) >= 11 is 0. The van der Waals surface area contributed by atoms with Crippen LogP contribution in [0.5, 0.6) is 0 Å². The molecular formula is C21H24N6O4S. The number of nitrogens with zero attached hydrogens (tertiary/aromatic N) is 4. The van der Waals surface area contributed by atoms with Crippen molar-refractivity contribution in [2.45, 2.75) is 32.6 Å². The number of imidazole rings is 1. The lowest BCUT2D eigenvalue weighted by Crippen LogP contribution is -2.27. The fourth-order valence-corrected chi connectivity index (χ4v) is 4.19. The molecule has 3 heterocycles. The molecule has 0 radical (unpaired) electrons. The second kappa shape index (κ2) is 7.69. The Morgan fingerprint density at radius 2 is 1.91 bits per heavy atom. The standard InChI is InChI=1S/C21H24N6O4S/c1-21(2,29)11-27-16(10-28)25-18-19(27)17-15(24-20(18)22)8-13(9-23-17)12-5-4-6-14(7-12)26-32(3,30)31/h4-9,26,28-29H,10-11H2,1-3H3,(H2,22,24). The zero-order valence-electron chi connectivity index (χ0n) is 17.9. The molecule has 32 heavy (non-hydrogen) atoms. The van der Waals surface area contributed by atoms with Gasteiger partial charge in [0.1, 0.15) is 29.0 Å². The van der Waals surface area contributed by atoms with Crippen LogP contribution in [0.15, 0.2) is 36.5 Å². The van der Waals surface area contributed by atoms with E-state index in [1.807, 2.05) is 6.07 Å². The van der Waals surface area contributed by atoms with E-state index >= 15 is 0 Å². The van der Waals surface area contributed by atoms with Gasteiger partial charge in [0.25, 0.3) is 0 Å². The molecule has 0 saturated heterocycles. The van der Waals surface area contributed by atoms with Gasteiger partial charge in [-0.3, -0.25) is 9.71 Å². The van der Waals surface area contributed by atoms with Crippen LogP contribution in [-0.4, -0.2) is 50.0 Å². The third-order valence-corrected chi connectivity index (χ3v) is 5.41. The molecule has 1 aromatic carbocycles. The Morgan fingerprint density at radius 3 is 2.56 bits per heavy atom. The van der Waals surface area contributed by atoms with Crippen molar-refractivity contribution >= 4 is 43.6 Å². The summed E-state index contributed by atoms with van der Waals surface area (Å²) in [5.74, 6) is 0.539. The number of anilines is 2. The molecule has 4 aromatic rings. The van der Waals surface area contributed by atoms with E-state index < -0.39 is 15.6 Å². The first-order chi connectivity index (χ1) is 14.9. The van der Waals surface area contributed by atoms with Crippen molar-refractivity contribution < 1.29 is 18.6 Å². The van der Waals surface area contributed by atoms with E-state index in [-0.39, 0.29) is 19.0 Å². The van der Waals surface area contributed by atoms with E-state index in [9.17, 15) is 18.6 Å². The fourth-order valence-electron chi connectivity index (χ4n) is 3.63. The zero-order chi connectivity index (χ0) is 23.3. The highest BCUT2D eigenvalue weighted by molar-refractivity contribution is 7.92. The van der Waals surface area contributed by atoms with Gasteiger partial charge in [0, 0.05) is 17.4 Å². The van der Waals surface area contributed by atoms with E-state index in [0.717, 1.165) is 17.4 Å². The Labute approximate surface area is 184 Å². The molecule has 4 rings (SSSR count). The molecule has 0 aliphatic rings. The summed E-state index contributed by atoms with van der Waals surface area (Å²) in [6.45, 7) is 3.18. The predicted octanol–water partition coefficient (Wildman–Crippen LogP) is 1.86. The van der Waals surface area contributed by atoms with Crippen molar-refractivity contribution in [1.29, 1.82) is 0 Å². The highest BCUT2D eigenvalue weighted by Crippen LogP contribution is 2.31. The summed E-state index contributed by atoms with van der Waals surface area (Å²) < 4.78 is 27.3. The summed E-state index contributed by atoms with van der Waals surface area (Å²) in [7, 11) is -3.41. The number of aliphatic hydroxyl groups is 2. The van der Waals surface area contributed by atoms with Crippen LogP contribution >= 0.6 is 0 Å². The Hall–Kier alpha value is -3.28. The van der Waals surface area contributed by atoms with Gasteiger partial charge >= 0.3 is 0 Å². The van der Waals surface area contributed by atoms with Gasteiger partial charge in [0.05, 0.1) is 23.9 Å². The third kappa shape index (κ3) is 4.35. The van der Waals surface area contributed by atoms with E-state index in [1.165, 1.54) is 0 Å². The number of nitrogens with two attached hydrogens (primary N) is 1. The molecule has 0 fully saturated rings. The van der Waals surface area contributed by atoms with Crippen LogP contribution in [0.2, 0.25) is 0 Å². The molecule has 11 heteroatoms. The summed E-state index contributed by atoms with van der Waals surface area (Å²) in [5.41, 5.74) is 9.03. The first kappa shape index (κ1) is 21.9. The number of nitrogen functional groups attached to an aromatic ring is 1. The van der Waals surface area contributed by atoms with Crippen molar-refractivity contribution in [2.75, 3.05) is 16.7 Å². The van der Waals surface area contributed by atoms with Crippen LogP contribution in [0.25, 0.3) is 33.2 Å². The predicted molar refractivity (Wildman–Crippen MR) is 123 cm³/mol. The van der Waals surface area contributed by atoms with Crippen molar-refractivity contribution in [3.8, 4) is 11.1 Å². The second-order valence-corrected chi connectivity index (χ2v) is 10.1. The van der Waals surface area contributed by atoms with Crippen LogP contribution in [-0.2, 0) is 23.2 Å². The molecule has 168 valence electrons. The molecule has 0 spiro atoms. The maximum absolute atomic E-state index is 11.6. The minimum atomic E-state index is -3.41. The van der Waals surface area contributed by atoms with Crippen LogP contribution in [0.1, 0.15) is 19.7 Å². The fraction of sp³-hybridized carbons (Fsp3) is 0.286. The number of aromatic nitrogens is 4. The number of hydrogen-bond donors (Lipinski definition) is 4. The molecule has 0 aliphatic heterocycles. The third-order valence-electron chi connectivity index (χ3n) is 4.81. The number of hydrogen-bond acceptors (Lipinski definition) is 8. The van der Waals surface area contributed by atoms with Gasteiger partial charge in [0.2, 0.25) is 10.0 Å². The van der Waals surface area contributed by atoms with E-state index in [1.54, 1.807) is 48.9 Å². The number of pyridine rings is 2. The number of nitrogens with one attached hydrogen (secondary N) is 1. The largest absolute Gasteiger partial charge is 0.389 e. The summed E-state index contributed by atoms with van der Waals surface area (Å²) in [6.07, 6.45) is 2.74. The number of benzene rings is 1. The molecule has 0 amide bonds. The molecular weight excluding hydrogens is 432 g/mol. The molecule has 0 unspecified atom stereocenters. The first-order valence-corrected chi connectivity index (χ1v) is 11.7. The summed E-state index contributed by atoms with van der Waals surface area (Å²) in [5, 5.41) is 20.1. The van der Waals surface area contributed by atoms with Gasteiger partial charge in [-0.25, -0.2) is 18.4 Å². The number of aliphatic hydroxyl groups excluding tert-OH is 1. The minimum Gasteiger partial charge on any atom is -0.389 e. The van der Waals surface area contributed by atoms with Gasteiger partial charge < -0.3 is 20.5 Å². The van der Waals surface area contributed by atoms with E-state index in [4.69, 9.17) is 5.73 Å². The Morgan fingerprint density at radius 1 is 1.16 bits per heavy atom. The normalized spacial score (nSPS) is 12.5. The monoisotopic (exact) mass is 456 g/mol. The molecule has 0 atom stereocenters. The average Bonchev–Trinajstić information content (AvgIpc) is 3.04. The molecule has 0 bridgehead atoms. The SMILES string of the molecule is CC(C)(O)Cn1c(CO)nc2c(N)nc3cc(-c4cccc(NS(C)(=O)=O)c4)cnc3c21. The van der Waals surface area contributed by atoms with Gasteiger partial charge in [-0.1, -0.05) is 12.1 Å². The van der Waals surface area contributed by atoms with E-state index in [2.05, 4.69) is 19.7 Å². The van der Waals surface area contributed by atoms with Gasteiger partial charge in [-0.15, -0.1) is 0 Å². The van der Waals surface area contributed by atoms with Crippen LogP contribution in [0.4, 0.5) is 11.5 Å². The summed E-state index contributed by atoms with van der Waals surface area (Å²) in [4.78, 5) is 13.4. The first-order valence-electron chi connectivity index (χ1n) is 9.81. The number of rotatable bonds is 6. The summed E-state index contributed by atoms with van der Waals surface area (Å²) in [6, 6.07) is 8.74. The van der Waals surface area contributed by atoms with Gasteiger partial charge in [-0.05, 0) is 37.6 Å². The molecule has 5 N–H and O–H groups in total. The molecule has 3 aromatic heterocycles. The lowest BCUT2D eigenvalue weighted by Gasteiger charge is -2.20. The topological polar surface area (TPSA) is 156 Å². The number of sulfonamides is 1. The lowest BCUT2D eigenvalue weighted by atomic mass is 10.1. The molecule has 0 aliphatic carbocycles. The maximum atomic E-state index is 11.6. The quantitative estimate of drug-likeness (QED) is 0.342. The second-order valence-electron chi connectivity index (χ2n) is 8.33. The van der Waals surface area contributed by atoms with Gasteiger partial charge in [0.15, 0.2) is 5.82 Å². The van der Waals surface area contributed by atoms with Crippen molar-refractivity contribution in [3.05, 3.63) is 42.4 Å². The van der Waals surface area contributed by atoms with Crippen molar-refractivity contribution in [1.82, 2.24) is 19.5 Å². The minimum absolute atomic E-state index is 0.181. The zero-order valence-corrected chi connectivity index (χ0v) is 18.7. The highest BCUT2D eigenvalue weighted by Gasteiger charge is 2.23. The van der Waals surface area contributed by atoms with Crippen LogP contribution < -0.4 is 10.5 Å². The Bertz CT molecular complexity index is 1440. The molecule has 10 nitrogen and oxygen atoms in total. The van der Waals surface area contributed by atoms with Crippen molar-refractivity contribution in [3.63, 3.8) is 0 Å². The smallest absolute Gasteiger partial charge is 0.229 e. The van der Waals surface area contributed by atoms with Crippen LogP contribution in [0, 0.1) is 0 Å². The van der Waals surface area contributed by atoms with Gasteiger partial charge in [-0.2, -0.15) is 0 Å².